The number of rotatable bonds is 2. The van der Waals surface area contributed by atoms with Gasteiger partial charge in [0.15, 0.2) is 0 Å². The maximum Gasteiger partial charge on any atom is 0.417 e. The van der Waals surface area contributed by atoms with Gasteiger partial charge in [-0.3, -0.25) is 4.79 Å². The molecular formula is C14H9F3N4OS. The summed E-state index contributed by atoms with van der Waals surface area (Å²) in [5, 5.41) is 0.301. The van der Waals surface area contributed by atoms with Gasteiger partial charge in [-0.15, -0.1) is 11.3 Å². The van der Waals surface area contributed by atoms with E-state index >= 15 is 0 Å². The van der Waals surface area contributed by atoms with Crippen molar-refractivity contribution in [2.45, 2.75) is 6.18 Å². The van der Waals surface area contributed by atoms with Crippen LogP contribution < -0.4 is 11.5 Å². The van der Waals surface area contributed by atoms with Gasteiger partial charge in [-0.1, -0.05) is 18.2 Å². The van der Waals surface area contributed by atoms with Crippen LogP contribution in [-0.2, 0) is 6.18 Å². The topological polar surface area (TPSA) is 94.9 Å². The van der Waals surface area contributed by atoms with E-state index in [1.807, 2.05) is 0 Å². The van der Waals surface area contributed by atoms with E-state index in [0.717, 1.165) is 17.4 Å². The normalized spacial score (nSPS) is 11.8. The van der Waals surface area contributed by atoms with Crippen molar-refractivity contribution in [1.82, 2.24) is 9.97 Å². The van der Waals surface area contributed by atoms with Crippen molar-refractivity contribution in [2.75, 3.05) is 5.73 Å². The first-order valence-electron chi connectivity index (χ1n) is 6.31. The fourth-order valence-electron chi connectivity index (χ4n) is 2.20. The van der Waals surface area contributed by atoms with Crippen LogP contribution >= 0.6 is 11.3 Å². The number of alkyl halides is 3. The lowest BCUT2D eigenvalue weighted by Gasteiger charge is -2.13. The number of aromatic nitrogens is 2. The third-order valence-electron chi connectivity index (χ3n) is 3.14. The van der Waals surface area contributed by atoms with Crippen LogP contribution in [0.4, 0.5) is 19.1 Å². The van der Waals surface area contributed by atoms with E-state index in [9.17, 15) is 18.0 Å². The molecule has 4 N–H and O–H groups in total. The number of anilines is 1. The van der Waals surface area contributed by atoms with Gasteiger partial charge in [-0.25, -0.2) is 9.97 Å². The summed E-state index contributed by atoms with van der Waals surface area (Å²) in [6.07, 6.45) is -4.55. The predicted octanol–water partition coefficient (Wildman–Crippen LogP) is 3.06. The van der Waals surface area contributed by atoms with Crippen molar-refractivity contribution in [2.24, 2.45) is 5.73 Å². The Bertz CT molecular complexity index is 920. The Morgan fingerprint density at radius 2 is 1.87 bits per heavy atom. The monoisotopic (exact) mass is 338 g/mol. The summed E-state index contributed by atoms with van der Waals surface area (Å²) in [5.41, 5.74) is 9.85. The van der Waals surface area contributed by atoms with Gasteiger partial charge in [0.05, 0.1) is 16.1 Å². The Hall–Kier alpha value is -2.68. The highest BCUT2D eigenvalue weighted by Crippen LogP contribution is 2.39. The Labute approximate surface area is 131 Å². The number of hydrogen-bond donors (Lipinski definition) is 2. The van der Waals surface area contributed by atoms with E-state index < -0.39 is 17.6 Å². The molecule has 0 radical (unpaired) electrons. The molecule has 0 unspecified atom stereocenters. The van der Waals surface area contributed by atoms with Gasteiger partial charge in [0.2, 0.25) is 5.95 Å². The maximum atomic E-state index is 13.2. The highest BCUT2D eigenvalue weighted by molar-refractivity contribution is 7.20. The third kappa shape index (κ3) is 2.70. The summed E-state index contributed by atoms with van der Waals surface area (Å²) in [6, 6.07) is 6.39. The second kappa shape index (κ2) is 5.20. The number of amides is 1. The molecule has 0 aliphatic carbocycles. The number of primary amides is 1. The fraction of sp³-hybridized carbons (Fsp3) is 0.0714. The molecule has 0 saturated heterocycles. The third-order valence-corrected chi connectivity index (χ3v) is 4.18. The summed E-state index contributed by atoms with van der Waals surface area (Å²) in [4.78, 5) is 19.7. The number of benzene rings is 1. The molecule has 0 saturated carbocycles. The number of carbonyl (C=O) groups excluding carboxylic acids is 1. The fourth-order valence-corrected chi connectivity index (χ4v) is 3.09. The minimum atomic E-state index is -4.55. The predicted molar refractivity (Wildman–Crippen MR) is 80.8 cm³/mol. The van der Waals surface area contributed by atoms with Gasteiger partial charge in [0.1, 0.15) is 4.83 Å². The quantitative estimate of drug-likeness (QED) is 0.751. The van der Waals surface area contributed by atoms with Crippen molar-refractivity contribution in [3.8, 4) is 11.3 Å². The minimum Gasteiger partial charge on any atom is -0.368 e. The maximum absolute atomic E-state index is 13.2. The molecule has 5 nitrogen and oxygen atoms in total. The van der Waals surface area contributed by atoms with Crippen molar-refractivity contribution >= 4 is 33.4 Å². The van der Waals surface area contributed by atoms with Gasteiger partial charge < -0.3 is 11.5 Å². The van der Waals surface area contributed by atoms with E-state index in [0.29, 0.717) is 10.2 Å². The van der Waals surface area contributed by atoms with Crippen LogP contribution in [0.1, 0.15) is 15.2 Å². The smallest absolute Gasteiger partial charge is 0.368 e. The van der Waals surface area contributed by atoms with Gasteiger partial charge in [-0.2, -0.15) is 13.2 Å². The van der Waals surface area contributed by atoms with E-state index in [-0.39, 0.29) is 22.1 Å². The van der Waals surface area contributed by atoms with Crippen LogP contribution in [0.15, 0.2) is 30.3 Å². The number of carbonyl (C=O) groups is 1. The van der Waals surface area contributed by atoms with Crippen LogP contribution in [0, 0.1) is 0 Å². The molecule has 0 atom stereocenters. The lowest BCUT2D eigenvalue weighted by molar-refractivity contribution is -0.137. The highest BCUT2D eigenvalue weighted by atomic mass is 32.1. The van der Waals surface area contributed by atoms with Crippen LogP contribution in [0.25, 0.3) is 21.5 Å². The molecule has 3 rings (SSSR count). The largest absolute Gasteiger partial charge is 0.417 e. The van der Waals surface area contributed by atoms with Crippen molar-refractivity contribution in [1.29, 1.82) is 0 Å². The summed E-state index contributed by atoms with van der Waals surface area (Å²) >= 11 is 0.955. The first kappa shape index (κ1) is 15.2. The van der Waals surface area contributed by atoms with Gasteiger partial charge in [0, 0.05) is 10.9 Å². The molecule has 1 amide bonds. The highest BCUT2D eigenvalue weighted by Gasteiger charge is 2.34. The first-order chi connectivity index (χ1) is 10.8. The molecule has 0 aliphatic rings. The van der Waals surface area contributed by atoms with Gasteiger partial charge >= 0.3 is 6.18 Å². The Morgan fingerprint density at radius 1 is 1.17 bits per heavy atom. The Morgan fingerprint density at radius 3 is 2.52 bits per heavy atom. The van der Waals surface area contributed by atoms with Crippen molar-refractivity contribution < 1.29 is 18.0 Å². The van der Waals surface area contributed by atoms with Crippen LogP contribution in [-0.4, -0.2) is 15.9 Å². The molecule has 2 heterocycles. The number of hydrogen-bond acceptors (Lipinski definition) is 5. The van der Waals surface area contributed by atoms with E-state index in [1.165, 1.54) is 24.3 Å². The molecule has 0 aliphatic heterocycles. The molecular weight excluding hydrogens is 329 g/mol. The van der Waals surface area contributed by atoms with E-state index in [1.54, 1.807) is 0 Å². The lowest BCUT2D eigenvalue weighted by Crippen LogP contribution is -2.08. The average Bonchev–Trinajstić information content (AvgIpc) is 2.89. The minimum absolute atomic E-state index is 0.0178. The summed E-state index contributed by atoms with van der Waals surface area (Å²) in [5.74, 6) is -0.871. The zero-order chi connectivity index (χ0) is 16.8. The molecule has 0 spiro atoms. The zero-order valence-electron chi connectivity index (χ0n) is 11.4. The molecule has 23 heavy (non-hydrogen) atoms. The summed E-state index contributed by atoms with van der Waals surface area (Å²) in [7, 11) is 0. The summed E-state index contributed by atoms with van der Waals surface area (Å²) < 4.78 is 39.7. The number of nitrogen functional groups attached to an aromatic ring is 1. The standard InChI is InChI=1S/C14H9F3N4OS/c15-14(16,17)8-4-2-1-3-6(8)10-7-5-9(11(18)22)23-12(7)21-13(19)20-10/h1-5H,(H2,18,22)(H2,19,20,21). The van der Waals surface area contributed by atoms with Crippen molar-refractivity contribution in [3.05, 3.63) is 40.8 Å². The van der Waals surface area contributed by atoms with Crippen LogP contribution in [0.5, 0.6) is 0 Å². The molecule has 0 fully saturated rings. The molecule has 118 valence electrons. The molecule has 2 aromatic heterocycles. The molecule has 9 heteroatoms. The van der Waals surface area contributed by atoms with Crippen molar-refractivity contribution in [3.63, 3.8) is 0 Å². The number of nitrogens with two attached hydrogens (primary N) is 2. The molecule has 3 aromatic rings. The second-order valence-electron chi connectivity index (χ2n) is 4.67. The van der Waals surface area contributed by atoms with Gasteiger partial charge in [-0.05, 0) is 12.1 Å². The lowest BCUT2D eigenvalue weighted by atomic mass is 10.0. The second-order valence-corrected chi connectivity index (χ2v) is 5.70. The number of nitrogens with zero attached hydrogens (tertiary/aromatic N) is 2. The van der Waals surface area contributed by atoms with Crippen LogP contribution in [0.2, 0.25) is 0 Å². The first-order valence-corrected chi connectivity index (χ1v) is 7.12. The van der Waals surface area contributed by atoms with Gasteiger partial charge in [0.25, 0.3) is 5.91 Å². The SMILES string of the molecule is NC(=O)c1cc2c(-c3ccccc3C(F)(F)F)nc(N)nc2s1. The van der Waals surface area contributed by atoms with Crippen LogP contribution in [0.3, 0.4) is 0 Å². The van der Waals surface area contributed by atoms with E-state index in [4.69, 9.17) is 11.5 Å². The summed E-state index contributed by atoms with van der Waals surface area (Å²) in [6.45, 7) is 0. The number of fused-ring (bicyclic) bond motifs is 1. The Balaban J connectivity index is 2.35. The van der Waals surface area contributed by atoms with E-state index in [2.05, 4.69) is 9.97 Å². The number of halogens is 3. The average molecular weight is 338 g/mol. The number of thiophene rings is 1. The molecule has 0 bridgehead atoms. The Kier molecular flexibility index (Phi) is 3.44. The zero-order valence-corrected chi connectivity index (χ0v) is 12.2. The molecule has 1 aromatic carbocycles.